The number of aryl methyl sites for hydroxylation is 1. The zero-order chi connectivity index (χ0) is 14.0. The fourth-order valence-corrected chi connectivity index (χ4v) is 2.37. The van der Waals surface area contributed by atoms with Gasteiger partial charge in [-0.2, -0.15) is 0 Å². The highest BCUT2D eigenvalue weighted by Gasteiger charge is 2.52. The number of hydrogen-bond acceptors (Lipinski definition) is 4. The molecule has 0 spiro atoms. The predicted octanol–water partition coefficient (Wildman–Crippen LogP) is 1.91. The quantitative estimate of drug-likeness (QED) is 0.463. The van der Waals surface area contributed by atoms with E-state index in [1.165, 1.54) is 7.11 Å². The summed E-state index contributed by atoms with van der Waals surface area (Å²) in [5.74, 6) is -1.18. The first-order valence-electron chi connectivity index (χ1n) is 6.00. The SMILES string of the molecule is C=C1COC(=O)C(C(=O)OC)(c2cccc(C)c2)C1. The Labute approximate surface area is 112 Å². The van der Waals surface area contributed by atoms with E-state index in [1.807, 2.05) is 13.0 Å². The van der Waals surface area contributed by atoms with Crippen LogP contribution in [0.15, 0.2) is 36.4 Å². The summed E-state index contributed by atoms with van der Waals surface area (Å²) >= 11 is 0. The molecular weight excluding hydrogens is 244 g/mol. The number of ether oxygens (including phenoxy) is 2. The number of cyclic esters (lactones) is 1. The Kier molecular flexibility index (Phi) is 3.42. The summed E-state index contributed by atoms with van der Waals surface area (Å²) in [6.45, 7) is 5.88. The number of benzene rings is 1. The van der Waals surface area contributed by atoms with Gasteiger partial charge in [-0.3, -0.25) is 9.59 Å². The molecule has 0 radical (unpaired) electrons. The highest BCUT2D eigenvalue weighted by molar-refractivity contribution is 6.07. The summed E-state index contributed by atoms with van der Waals surface area (Å²) in [5, 5.41) is 0. The van der Waals surface area contributed by atoms with E-state index in [0.29, 0.717) is 11.1 Å². The fourth-order valence-electron chi connectivity index (χ4n) is 2.37. The molecule has 4 nitrogen and oxygen atoms in total. The summed E-state index contributed by atoms with van der Waals surface area (Å²) in [6.07, 6.45) is 0.224. The van der Waals surface area contributed by atoms with Gasteiger partial charge in [-0.05, 0) is 18.1 Å². The van der Waals surface area contributed by atoms with Crippen LogP contribution in [0.5, 0.6) is 0 Å². The van der Waals surface area contributed by atoms with Crippen LogP contribution in [0.3, 0.4) is 0 Å². The molecule has 4 heteroatoms. The Bertz CT molecular complexity index is 537. The molecule has 0 aliphatic carbocycles. The van der Waals surface area contributed by atoms with Crippen LogP contribution in [-0.4, -0.2) is 25.7 Å². The molecule has 0 saturated carbocycles. The molecule has 2 rings (SSSR count). The molecule has 19 heavy (non-hydrogen) atoms. The van der Waals surface area contributed by atoms with Crippen molar-refractivity contribution in [2.45, 2.75) is 18.8 Å². The van der Waals surface area contributed by atoms with Gasteiger partial charge in [0.05, 0.1) is 7.11 Å². The molecule has 0 amide bonds. The minimum atomic E-state index is -1.42. The lowest BCUT2D eigenvalue weighted by Crippen LogP contribution is -2.49. The van der Waals surface area contributed by atoms with Gasteiger partial charge in [0.25, 0.3) is 0 Å². The third-order valence-electron chi connectivity index (χ3n) is 3.32. The highest BCUT2D eigenvalue weighted by Crippen LogP contribution is 2.37. The van der Waals surface area contributed by atoms with Crippen LogP contribution in [0.4, 0.5) is 0 Å². The third-order valence-corrected chi connectivity index (χ3v) is 3.32. The topological polar surface area (TPSA) is 52.6 Å². The standard InChI is InChI=1S/C15H16O4/c1-10-5-4-6-12(7-10)15(13(16)18-3)8-11(2)9-19-14(15)17/h4-7H,2,8-9H2,1,3H3. The van der Waals surface area contributed by atoms with Crippen LogP contribution in [0, 0.1) is 6.92 Å². The normalized spacial score (nSPS) is 22.8. The summed E-state index contributed by atoms with van der Waals surface area (Å²) < 4.78 is 9.91. The Hall–Kier alpha value is -2.10. The third kappa shape index (κ3) is 2.14. The zero-order valence-electron chi connectivity index (χ0n) is 11.1. The molecule has 1 heterocycles. The maximum atomic E-state index is 12.2. The van der Waals surface area contributed by atoms with E-state index in [0.717, 1.165) is 5.56 Å². The fraction of sp³-hybridized carbons (Fsp3) is 0.333. The van der Waals surface area contributed by atoms with Crippen LogP contribution in [-0.2, 0) is 24.5 Å². The number of methoxy groups -OCH3 is 1. The number of carbonyl (C=O) groups excluding carboxylic acids is 2. The lowest BCUT2D eigenvalue weighted by Gasteiger charge is -2.33. The van der Waals surface area contributed by atoms with E-state index in [9.17, 15) is 9.59 Å². The van der Waals surface area contributed by atoms with Crippen molar-refractivity contribution in [3.8, 4) is 0 Å². The average molecular weight is 260 g/mol. The summed E-state index contributed by atoms with van der Waals surface area (Å²) in [5.41, 5.74) is 0.831. The van der Waals surface area contributed by atoms with Crippen molar-refractivity contribution in [3.63, 3.8) is 0 Å². The van der Waals surface area contributed by atoms with E-state index in [1.54, 1.807) is 18.2 Å². The van der Waals surface area contributed by atoms with Crippen molar-refractivity contribution < 1.29 is 19.1 Å². The van der Waals surface area contributed by atoms with Crippen molar-refractivity contribution in [3.05, 3.63) is 47.5 Å². The molecule has 1 saturated heterocycles. The molecule has 0 N–H and O–H groups in total. The molecule has 1 atom stereocenters. The van der Waals surface area contributed by atoms with Gasteiger partial charge in [0.15, 0.2) is 5.41 Å². The Balaban J connectivity index is 2.60. The van der Waals surface area contributed by atoms with Gasteiger partial charge >= 0.3 is 11.9 Å². The summed E-state index contributed by atoms with van der Waals surface area (Å²) in [6, 6.07) is 7.25. The second-order valence-corrected chi connectivity index (χ2v) is 4.77. The smallest absolute Gasteiger partial charge is 0.328 e. The van der Waals surface area contributed by atoms with Gasteiger partial charge in [-0.25, -0.2) is 0 Å². The van der Waals surface area contributed by atoms with Crippen molar-refractivity contribution >= 4 is 11.9 Å². The minimum Gasteiger partial charge on any atom is -0.468 e. The monoisotopic (exact) mass is 260 g/mol. The second kappa shape index (κ2) is 4.88. The van der Waals surface area contributed by atoms with Crippen LogP contribution in [0.2, 0.25) is 0 Å². The maximum Gasteiger partial charge on any atom is 0.328 e. The van der Waals surface area contributed by atoms with E-state index in [2.05, 4.69) is 6.58 Å². The zero-order valence-corrected chi connectivity index (χ0v) is 11.1. The second-order valence-electron chi connectivity index (χ2n) is 4.77. The average Bonchev–Trinajstić information content (AvgIpc) is 2.40. The molecule has 1 aromatic rings. The molecule has 0 bridgehead atoms. The molecule has 100 valence electrons. The van der Waals surface area contributed by atoms with Gasteiger partial charge in [0.1, 0.15) is 6.61 Å². The summed E-state index contributed by atoms with van der Waals surface area (Å²) in [4.78, 5) is 24.4. The first-order chi connectivity index (χ1) is 9.00. The minimum absolute atomic E-state index is 0.156. The Morgan fingerprint density at radius 1 is 1.47 bits per heavy atom. The van der Waals surface area contributed by atoms with Crippen molar-refractivity contribution in [1.82, 2.24) is 0 Å². The molecule has 1 aromatic carbocycles. The number of esters is 2. The van der Waals surface area contributed by atoms with Crippen molar-refractivity contribution in [2.24, 2.45) is 0 Å². The molecule has 1 aliphatic rings. The number of rotatable bonds is 2. The first-order valence-corrected chi connectivity index (χ1v) is 6.00. The van der Waals surface area contributed by atoms with E-state index in [4.69, 9.17) is 9.47 Å². The first kappa shape index (κ1) is 13.3. The van der Waals surface area contributed by atoms with Gasteiger partial charge in [-0.1, -0.05) is 36.4 Å². The molecule has 0 aromatic heterocycles. The van der Waals surface area contributed by atoms with E-state index < -0.39 is 17.4 Å². The molecule has 1 aliphatic heterocycles. The number of carbonyl (C=O) groups is 2. The van der Waals surface area contributed by atoms with E-state index >= 15 is 0 Å². The largest absolute Gasteiger partial charge is 0.468 e. The molecule has 1 fully saturated rings. The van der Waals surface area contributed by atoms with Gasteiger partial charge < -0.3 is 9.47 Å². The summed E-state index contributed by atoms with van der Waals surface area (Å²) in [7, 11) is 1.27. The van der Waals surface area contributed by atoms with Crippen LogP contribution in [0.25, 0.3) is 0 Å². The highest BCUT2D eigenvalue weighted by atomic mass is 16.6. The molecule has 1 unspecified atom stereocenters. The van der Waals surface area contributed by atoms with Crippen LogP contribution in [0.1, 0.15) is 17.5 Å². The lowest BCUT2D eigenvalue weighted by molar-refractivity contribution is -0.165. The lowest BCUT2D eigenvalue weighted by atomic mass is 9.74. The number of hydrogen-bond donors (Lipinski definition) is 0. The van der Waals surface area contributed by atoms with Crippen LogP contribution < -0.4 is 0 Å². The van der Waals surface area contributed by atoms with Gasteiger partial charge in [-0.15, -0.1) is 0 Å². The Morgan fingerprint density at radius 2 is 2.21 bits per heavy atom. The van der Waals surface area contributed by atoms with Gasteiger partial charge in [0, 0.05) is 6.42 Å². The Morgan fingerprint density at radius 3 is 2.84 bits per heavy atom. The van der Waals surface area contributed by atoms with Crippen molar-refractivity contribution in [1.29, 1.82) is 0 Å². The van der Waals surface area contributed by atoms with Gasteiger partial charge in [0.2, 0.25) is 0 Å². The maximum absolute atomic E-state index is 12.2. The van der Waals surface area contributed by atoms with Crippen LogP contribution >= 0.6 is 0 Å². The predicted molar refractivity (Wildman–Crippen MR) is 69.6 cm³/mol. The van der Waals surface area contributed by atoms with E-state index in [-0.39, 0.29) is 13.0 Å². The molecular formula is C15H16O4. The van der Waals surface area contributed by atoms with Crippen molar-refractivity contribution in [2.75, 3.05) is 13.7 Å².